The first kappa shape index (κ1) is 44.9. The molecule has 3 aliphatic rings. The second-order valence-electron chi connectivity index (χ2n) is 18.9. The summed E-state index contributed by atoms with van der Waals surface area (Å²) in [6, 6.07) is 11.5. The Morgan fingerprint density at radius 1 is 1.10 bits per heavy atom. The van der Waals surface area contributed by atoms with Crippen LogP contribution in [0.4, 0.5) is 0 Å². The minimum Gasteiger partial charge on any atom is -0.446 e. The fraction of sp³-hybridized carbons (Fsp3) is 0.569. The first-order valence-electron chi connectivity index (χ1n) is 23.2. The van der Waals surface area contributed by atoms with Gasteiger partial charge in [0.15, 0.2) is 0 Å². The molecule has 1 aromatic carbocycles. The minimum absolute atomic E-state index is 0.0292. The quantitative estimate of drug-likeness (QED) is 0.0760. The molecule has 2 aliphatic heterocycles. The number of nitrogens with zero attached hydrogens (tertiary/aromatic N) is 5. The molecule has 3 aromatic heterocycles. The molecule has 0 amide bonds. The lowest BCUT2D eigenvalue weighted by Gasteiger charge is -2.39. The van der Waals surface area contributed by atoms with E-state index in [1.165, 1.54) is 66.2 Å². The summed E-state index contributed by atoms with van der Waals surface area (Å²) in [5.41, 5.74) is 13.8. The SMILES string of the molecule is C#COCC(C)(C)Cc1c(-c2cccnc2C(C)C)n(CC)c2ccc(-c3csc(CC(NC(=C)C(C4CCCC4)N4CCC(CNCC)C4)C(=C)N4CCCCN4)n3)cc12. The third kappa shape index (κ3) is 10.4. The van der Waals surface area contributed by atoms with Crippen molar-refractivity contribution in [2.45, 2.75) is 124 Å². The van der Waals surface area contributed by atoms with Gasteiger partial charge in [-0.05, 0) is 113 Å². The van der Waals surface area contributed by atoms with Crippen LogP contribution in [0.5, 0.6) is 0 Å². The second kappa shape index (κ2) is 20.4. The van der Waals surface area contributed by atoms with Gasteiger partial charge in [0.2, 0.25) is 0 Å². The van der Waals surface area contributed by atoms with Crippen molar-refractivity contribution < 1.29 is 4.74 Å². The molecule has 328 valence electrons. The highest BCUT2D eigenvalue weighted by Gasteiger charge is 2.37. The standard InChI is InChI=1S/C51H72N8OS/c1-10-52-31-38-23-27-57(32-38)49(39-18-13-14-19-39)36(6)55-44(37(7)59-26-16-15-25-54-59)29-47-56-45(33-61-47)40-21-22-46-42(28-40)43(30-51(8,9)34-60-12-3)50(58(46)11-2)41-20-17-24-53-48(41)35(4)5/h3,17,20-22,24,28,33,35,38-39,44,49,52,54-55H,6-7,10-11,13-16,18-19,23,25-27,29-32,34H2,1-2,4-5,8-9H3. The van der Waals surface area contributed by atoms with E-state index < -0.39 is 0 Å². The summed E-state index contributed by atoms with van der Waals surface area (Å²) in [4.78, 5) is 13.0. The van der Waals surface area contributed by atoms with Crippen LogP contribution in [0, 0.1) is 29.8 Å². The zero-order valence-corrected chi connectivity index (χ0v) is 38.8. The third-order valence-electron chi connectivity index (χ3n) is 13.4. The van der Waals surface area contributed by atoms with E-state index in [1.807, 2.05) is 6.20 Å². The Morgan fingerprint density at radius 2 is 1.92 bits per heavy atom. The van der Waals surface area contributed by atoms with E-state index >= 15 is 0 Å². The number of terminal acetylenes is 1. The van der Waals surface area contributed by atoms with Crippen molar-refractivity contribution in [2.24, 2.45) is 17.3 Å². The van der Waals surface area contributed by atoms with Crippen LogP contribution in [0.2, 0.25) is 0 Å². The number of hydrazine groups is 1. The maximum absolute atomic E-state index is 5.58. The number of aromatic nitrogens is 3. The van der Waals surface area contributed by atoms with Gasteiger partial charge in [-0.25, -0.2) is 10.4 Å². The molecule has 61 heavy (non-hydrogen) atoms. The smallest absolute Gasteiger partial charge is 0.106 e. The number of likely N-dealkylation sites (tertiary alicyclic amines) is 1. The van der Waals surface area contributed by atoms with Gasteiger partial charge in [0, 0.05) is 83.0 Å². The molecular weight excluding hydrogens is 773 g/mol. The summed E-state index contributed by atoms with van der Waals surface area (Å²) in [6.45, 7) is 30.6. The van der Waals surface area contributed by atoms with Crippen molar-refractivity contribution in [3.8, 4) is 35.0 Å². The number of hydrogen-bond acceptors (Lipinski definition) is 9. The Bertz CT molecular complexity index is 2150. The van der Waals surface area contributed by atoms with Gasteiger partial charge in [0.25, 0.3) is 0 Å². The Hall–Kier alpha value is -4.14. The molecule has 10 heteroatoms. The highest BCUT2D eigenvalue weighted by Crippen LogP contribution is 2.42. The second-order valence-corrected chi connectivity index (χ2v) is 19.8. The molecule has 0 radical (unpaired) electrons. The predicted molar refractivity (Wildman–Crippen MR) is 255 cm³/mol. The van der Waals surface area contributed by atoms with Crippen LogP contribution in [-0.2, 0) is 24.1 Å². The Morgan fingerprint density at radius 3 is 2.64 bits per heavy atom. The number of fused-ring (bicyclic) bond motifs is 1. The predicted octanol–water partition coefficient (Wildman–Crippen LogP) is 9.76. The number of thiazole rings is 1. The van der Waals surface area contributed by atoms with Crippen LogP contribution in [-0.4, -0.2) is 82.4 Å². The summed E-state index contributed by atoms with van der Waals surface area (Å²) in [7, 11) is 0. The van der Waals surface area contributed by atoms with E-state index in [9.17, 15) is 0 Å². The van der Waals surface area contributed by atoms with Gasteiger partial charge in [-0.2, -0.15) is 0 Å². The van der Waals surface area contributed by atoms with Crippen molar-refractivity contribution >= 4 is 22.2 Å². The number of hydrogen-bond donors (Lipinski definition) is 3. The zero-order chi connectivity index (χ0) is 43.1. The molecule has 5 heterocycles. The van der Waals surface area contributed by atoms with Crippen molar-refractivity contribution in [3.05, 3.63) is 82.7 Å². The lowest BCUT2D eigenvalue weighted by atomic mass is 9.84. The van der Waals surface area contributed by atoms with Gasteiger partial charge in [-0.1, -0.05) is 73.1 Å². The van der Waals surface area contributed by atoms with Crippen molar-refractivity contribution in [3.63, 3.8) is 0 Å². The number of benzene rings is 1. The van der Waals surface area contributed by atoms with E-state index in [0.717, 1.165) is 98.4 Å². The molecule has 0 bridgehead atoms. The van der Waals surface area contributed by atoms with Crippen LogP contribution in [0.3, 0.4) is 0 Å². The van der Waals surface area contributed by atoms with Crippen LogP contribution in [0.25, 0.3) is 33.4 Å². The number of rotatable bonds is 20. The molecular formula is C51H72N8OS. The molecule has 3 atom stereocenters. The van der Waals surface area contributed by atoms with Gasteiger partial charge in [0.05, 0.1) is 34.2 Å². The van der Waals surface area contributed by atoms with E-state index in [2.05, 4.69) is 114 Å². The summed E-state index contributed by atoms with van der Waals surface area (Å²) in [5, 5.41) is 14.5. The number of pyridine rings is 1. The van der Waals surface area contributed by atoms with Gasteiger partial charge in [0.1, 0.15) is 12.7 Å². The zero-order valence-electron chi connectivity index (χ0n) is 38.0. The maximum atomic E-state index is 5.58. The highest BCUT2D eigenvalue weighted by atomic mass is 32.1. The normalized spacial score (nSPS) is 18.8. The van der Waals surface area contributed by atoms with Gasteiger partial charge in [-0.15, -0.1) is 11.3 Å². The molecule has 3 N–H and O–H groups in total. The van der Waals surface area contributed by atoms with Gasteiger partial charge >= 0.3 is 0 Å². The van der Waals surface area contributed by atoms with Crippen LogP contribution >= 0.6 is 11.3 Å². The first-order chi connectivity index (χ1) is 29.5. The fourth-order valence-electron chi connectivity index (χ4n) is 10.3. The average Bonchev–Trinajstić information content (AvgIpc) is 4.10. The van der Waals surface area contributed by atoms with E-state index in [-0.39, 0.29) is 17.4 Å². The van der Waals surface area contributed by atoms with Crippen LogP contribution in [0.15, 0.2) is 66.5 Å². The van der Waals surface area contributed by atoms with E-state index in [4.69, 9.17) is 34.3 Å². The molecule has 2 saturated heterocycles. The highest BCUT2D eigenvalue weighted by molar-refractivity contribution is 7.10. The lowest BCUT2D eigenvalue weighted by molar-refractivity contribution is 0.154. The molecule has 7 rings (SSSR count). The Kier molecular flexibility index (Phi) is 15.0. The van der Waals surface area contributed by atoms with Crippen molar-refractivity contribution in [2.75, 3.05) is 45.9 Å². The van der Waals surface area contributed by atoms with E-state index in [1.54, 1.807) is 11.3 Å². The molecule has 3 fully saturated rings. The molecule has 9 nitrogen and oxygen atoms in total. The van der Waals surface area contributed by atoms with E-state index in [0.29, 0.717) is 24.5 Å². The number of aryl methyl sites for hydroxylation is 1. The largest absolute Gasteiger partial charge is 0.446 e. The summed E-state index contributed by atoms with van der Waals surface area (Å²) in [5.74, 6) is 1.61. The molecule has 1 aliphatic carbocycles. The molecule has 4 aromatic rings. The van der Waals surface area contributed by atoms with Gasteiger partial charge < -0.3 is 24.9 Å². The van der Waals surface area contributed by atoms with Crippen molar-refractivity contribution in [1.29, 1.82) is 0 Å². The fourth-order valence-corrected chi connectivity index (χ4v) is 11.2. The van der Waals surface area contributed by atoms with Crippen LogP contribution in [0.1, 0.15) is 109 Å². The average molecular weight is 845 g/mol. The number of nitrogens with one attached hydrogen (secondary N) is 3. The monoisotopic (exact) mass is 845 g/mol. The Labute approximate surface area is 370 Å². The first-order valence-corrected chi connectivity index (χ1v) is 24.1. The molecule has 0 spiro atoms. The summed E-state index contributed by atoms with van der Waals surface area (Å²) < 4.78 is 8.05. The third-order valence-corrected chi connectivity index (χ3v) is 14.2. The molecule has 1 saturated carbocycles. The summed E-state index contributed by atoms with van der Waals surface area (Å²) in [6.07, 6.45) is 20.2. The Balaban J connectivity index is 1.21. The maximum Gasteiger partial charge on any atom is 0.106 e. The van der Waals surface area contributed by atoms with Crippen molar-refractivity contribution in [1.82, 2.24) is 40.5 Å². The topological polar surface area (TPSA) is 82.5 Å². The molecule has 3 unspecified atom stereocenters. The summed E-state index contributed by atoms with van der Waals surface area (Å²) >= 11 is 1.75. The van der Waals surface area contributed by atoms with Gasteiger partial charge in [-0.3, -0.25) is 9.88 Å². The number of ether oxygens (including phenoxy) is 1. The minimum atomic E-state index is -0.199. The lowest BCUT2D eigenvalue weighted by Crippen LogP contribution is -2.51. The van der Waals surface area contributed by atoms with Crippen LogP contribution < -0.4 is 16.1 Å².